The summed E-state index contributed by atoms with van der Waals surface area (Å²) in [5, 5.41) is 0. The van der Waals surface area contributed by atoms with Crippen molar-refractivity contribution in [2.75, 3.05) is 0 Å². The van der Waals surface area contributed by atoms with E-state index in [1.54, 1.807) is 26.1 Å². The van der Waals surface area contributed by atoms with Gasteiger partial charge in [-0.1, -0.05) is 0 Å². The number of hydrogen-bond acceptors (Lipinski definition) is 4. The molecule has 0 fully saturated rings. The molecule has 2 heterocycles. The molecule has 0 amide bonds. The molecule has 0 radical (unpaired) electrons. The van der Waals surface area contributed by atoms with Gasteiger partial charge in [0.25, 0.3) is 5.56 Å². The third-order valence-corrected chi connectivity index (χ3v) is 4.36. The first-order valence-electron chi connectivity index (χ1n) is 5.72. The second kappa shape index (κ2) is 4.62. The van der Waals surface area contributed by atoms with E-state index < -0.39 is 0 Å². The summed E-state index contributed by atoms with van der Waals surface area (Å²) >= 11 is 1.27. The number of nitrogens with zero attached hydrogens (tertiary/aromatic N) is 2. The number of aromatic nitrogens is 2. The van der Waals surface area contributed by atoms with E-state index in [4.69, 9.17) is 0 Å². The molecule has 0 aliphatic carbocycles. The van der Waals surface area contributed by atoms with Gasteiger partial charge in [0, 0.05) is 24.7 Å². The van der Waals surface area contributed by atoms with Gasteiger partial charge in [-0.25, -0.2) is 4.79 Å². The summed E-state index contributed by atoms with van der Waals surface area (Å²) in [6, 6.07) is 3.45. The van der Waals surface area contributed by atoms with Crippen LogP contribution in [0.4, 0.5) is 0 Å². The van der Waals surface area contributed by atoms with Crippen LogP contribution < -0.4 is 11.2 Å². The molecule has 0 saturated heterocycles. The lowest BCUT2D eigenvalue weighted by Gasteiger charge is -2.10. The number of rotatable bonds is 2. The van der Waals surface area contributed by atoms with E-state index in [-0.39, 0.29) is 17.0 Å². The molecule has 0 unspecified atom stereocenters. The number of carbonyl (C=O) groups excluding carboxylic acids is 1. The van der Waals surface area contributed by atoms with E-state index in [1.165, 1.54) is 29.9 Å². The summed E-state index contributed by atoms with van der Waals surface area (Å²) in [7, 11) is 3.08. The Hall–Kier alpha value is -1.95. The maximum absolute atomic E-state index is 12.2. The van der Waals surface area contributed by atoms with Gasteiger partial charge in [0.15, 0.2) is 5.78 Å². The van der Waals surface area contributed by atoms with Gasteiger partial charge in [0.1, 0.15) is 0 Å². The fourth-order valence-corrected chi connectivity index (χ4v) is 2.88. The fourth-order valence-electron chi connectivity index (χ4n) is 1.89. The lowest BCUT2D eigenvalue weighted by atomic mass is 10.2. The van der Waals surface area contributed by atoms with Crippen molar-refractivity contribution in [1.82, 2.24) is 9.13 Å². The Kier molecular flexibility index (Phi) is 3.28. The fraction of sp³-hybridized carbons (Fsp3) is 0.308. The SMILES string of the molecule is CC(=O)c1ccc(-c2c(C)n(C)c(=O)n(C)c2=O)s1. The number of ketones is 1. The predicted octanol–water partition coefficient (Wildman–Crippen LogP) is 1.32. The Morgan fingerprint density at radius 2 is 1.79 bits per heavy atom. The van der Waals surface area contributed by atoms with Crippen molar-refractivity contribution in [3.8, 4) is 10.4 Å². The van der Waals surface area contributed by atoms with E-state index >= 15 is 0 Å². The highest BCUT2D eigenvalue weighted by atomic mass is 32.1. The molecule has 100 valence electrons. The molecule has 0 saturated carbocycles. The highest BCUT2D eigenvalue weighted by molar-refractivity contribution is 7.17. The zero-order valence-electron chi connectivity index (χ0n) is 11.2. The van der Waals surface area contributed by atoms with Gasteiger partial charge in [0.2, 0.25) is 0 Å². The number of carbonyl (C=O) groups is 1. The quantitative estimate of drug-likeness (QED) is 0.778. The Balaban J connectivity index is 2.79. The van der Waals surface area contributed by atoms with Crippen molar-refractivity contribution in [3.05, 3.63) is 43.5 Å². The summed E-state index contributed by atoms with van der Waals surface area (Å²) in [4.78, 5) is 36.6. The van der Waals surface area contributed by atoms with E-state index in [1.807, 2.05) is 0 Å². The number of hydrogen-bond donors (Lipinski definition) is 0. The van der Waals surface area contributed by atoms with Gasteiger partial charge >= 0.3 is 5.69 Å². The molecule has 6 heteroatoms. The largest absolute Gasteiger partial charge is 0.330 e. The molecule has 19 heavy (non-hydrogen) atoms. The smallest absolute Gasteiger partial charge is 0.300 e. The van der Waals surface area contributed by atoms with E-state index in [0.29, 0.717) is 21.0 Å². The average molecular weight is 278 g/mol. The van der Waals surface area contributed by atoms with Crippen molar-refractivity contribution in [2.45, 2.75) is 13.8 Å². The summed E-state index contributed by atoms with van der Waals surface area (Å²) in [6.07, 6.45) is 0. The monoisotopic (exact) mass is 278 g/mol. The summed E-state index contributed by atoms with van der Waals surface area (Å²) < 4.78 is 2.51. The molecule has 0 N–H and O–H groups in total. The summed E-state index contributed by atoms with van der Waals surface area (Å²) in [5.74, 6) is -0.0319. The van der Waals surface area contributed by atoms with Crippen LogP contribution in [0.2, 0.25) is 0 Å². The van der Waals surface area contributed by atoms with Crippen LogP contribution in [0.1, 0.15) is 22.3 Å². The normalized spacial score (nSPS) is 10.7. The van der Waals surface area contributed by atoms with Crippen LogP contribution in [-0.4, -0.2) is 14.9 Å². The second-order valence-electron chi connectivity index (χ2n) is 4.39. The van der Waals surface area contributed by atoms with Gasteiger partial charge in [-0.3, -0.25) is 14.2 Å². The van der Waals surface area contributed by atoms with Crippen LogP contribution in [0.3, 0.4) is 0 Å². The van der Waals surface area contributed by atoms with Crippen LogP contribution in [0.15, 0.2) is 21.7 Å². The first kappa shape index (κ1) is 13.5. The van der Waals surface area contributed by atoms with Gasteiger partial charge in [-0.15, -0.1) is 11.3 Å². The molecule has 0 aromatic carbocycles. The molecule has 0 aliphatic heterocycles. The van der Waals surface area contributed by atoms with Crippen molar-refractivity contribution in [2.24, 2.45) is 14.1 Å². The molecule has 2 aromatic heterocycles. The number of Topliss-reactive ketones (excluding diaryl/α,β-unsaturated/α-hetero) is 1. The Morgan fingerprint density at radius 1 is 1.16 bits per heavy atom. The van der Waals surface area contributed by atoms with E-state index in [2.05, 4.69) is 0 Å². The highest BCUT2D eigenvalue weighted by Crippen LogP contribution is 2.27. The van der Waals surface area contributed by atoms with Crippen LogP contribution in [0.5, 0.6) is 0 Å². The predicted molar refractivity (Wildman–Crippen MR) is 75.0 cm³/mol. The molecule has 0 aliphatic rings. The van der Waals surface area contributed by atoms with Crippen LogP contribution in [-0.2, 0) is 14.1 Å². The molecule has 2 rings (SSSR count). The van der Waals surface area contributed by atoms with Crippen molar-refractivity contribution < 1.29 is 4.79 Å². The van der Waals surface area contributed by atoms with Crippen LogP contribution in [0, 0.1) is 6.92 Å². The lowest BCUT2D eigenvalue weighted by molar-refractivity contribution is 0.102. The van der Waals surface area contributed by atoms with Crippen molar-refractivity contribution in [3.63, 3.8) is 0 Å². The van der Waals surface area contributed by atoms with E-state index in [0.717, 1.165) is 4.57 Å². The Morgan fingerprint density at radius 3 is 2.32 bits per heavy atom. The van der Waals surface area contributed by atoms with Gasteiger partial charge in [-0.2, -0.15) is 0 Å². The Labute approximate surface area is 113 Å². The van der Waals surface area contributed by atoms with Gasteiger partial charge < -0.3 is 4.57 Å². The minimum atomic E-state index is -0.352. The molecular formula is C13H14N2O3S. The van der Waals surface area contributed by atoms with Crippen LogP contribution in [0.25, 0.3) is 10.4 Å². The Bertz CT molecular complexity index is 780. The van der Waals surface area contributed by atoms with Crippen LogP contribution >= 0.6 is 11.3 Å². The second-order valence-corrected chi connectivity index (χ2v) is 5.47. The number of thiophene rings is 1. The topological polar surface area (TPSA) is 61.1 Å². The third-order valence-electron chi connectivity index (χ3n) is 3.16. The van der Waals surface area contributed by atoms with Gasteiger partial charge in [0.05, 0.1) is 10.4 Å². The zero-order valence-corrected chi connectivity index (χ0v) is 12.0. The molecule has 0 atom stereocenters. The first-order valence-corrected chi connectivity index (χ1v) is 6.54. The van der Waals surface area contributed by atoms with Crippen molar-refractivity contribution in [1.29, 1.82) is 0 Å². The third kappa shape index (κ3) is 2.08. The lowest BCUT2D eigenvalue weighted by Crippen LogP contribution is -2.39. The van der Waals surface area contributed by atoms with Crippen molar-refractivity contribution >= 4 is 17.1 Å². The highest BCUT2D eigenvalue weighted by Gasteiger charge is 2.16. The standard InChI is InChI=1S/C13H14N2O3S/c1-7-11(10-6-5-9(19-10)8(2)16)12(17)15(4)13(18)14(7)3/h5-6H,1-4H3. The maximum atomic E-state index is 12.2. The minimum absolute atomic E-state index is 0.0319. The summed E-state index contributed by atoms with van der Waals surface area (Å²) in [6.45, 7) is 3.21. The molecule has 5 nitrogen and oxygen atoms in total. The van der Waals surface area contributed by atoms with Gasteiger partial charge in [-0.05, 0) is 26.0 Å². The molecule has 0 spiro atoms. The molecule has 0 bridgehead atoms. The first-order chi connectivity index (χ1) is 8.84. The molecule has 2 aromatic rings. The summed E-state index contributed by atoms with van der Waals surface area (Å²) in [5.41, 5.74) is 0.388. The maximum Gasteiger partial charge on any atom is 0.330 e. The zero-order chi connectivity index (χ0) is 14.3. The van der Waals surface area contributed by atoms with E-state index in [9.17, 15) is 14.4 Å². The average Bonchev–Trinajstić information content (AvgIpc) is 2.84. The minimum Gasteiger partial charge on any atom is -0.300 e. The molecular weight excluding hydrogens is 264 g/mol.